The van der Waals surface area contributed by atoms with E-state index in [4.69, 9.17) is 0 Å². The fraction of sp³-hybridized carbons (Fsp3) is 0.533. The molecular weight excluding hydrogens is 210 g/mol. The summed E-state index contributed by atoms with van der Waals surface area (Å²) in [5.41, 5.74) is 1.96. The van der Waals surface area contributed by atoms with Crippen molar-refractivity contribution in [2.24, 2.45) is 5.92 Å². The van der Waals surface area contributed by atoms with E-state index < -0.39 is 0 Å². The molecule has 2 nitrogen and oxygen atoms in total. The number of anilines is 1. The van der Waals surface area contributed by atoms with Gasteiger partial charge in [0.15, 0.2) is 5.78 Å². The lowest BCUT2D eigenvalue weighted by atomic mass is 9.94. The molecule has 0 atom stereocenters. The van der Waals surface area contributed by atoms with E-state index in [0.29, 0.717) is 12.3 Å². The van der Waals surface area contributed by atoms with Gasteiger partial charge >= 0.3 is 0 Å². The van der Waals surface area contributed by atoms with Crippen LogP contribution in [0, 0.1) is 5.92 Å². The fourth-order valence-electron chi connectivity index (χ4n) is 1.90. The molecule has 17 heavy (non-hydrogen) atoms. The number of hydrogen-bond acceptors (Lipinski definition) is 2. The second kappa shape index (κ2) is 6.43. The molecular formula is C15H23NO. The first-order valence-electron chi connectivity index (χ1n) is 6.39. The fourth-order valence-corrected chi connectivity index (χ4v) is 1.90. The molecule has 0 amide bonds. The highest BCUT2D eigenvalue weighted by Crippen LogP contribution is 2.18. The summed E-state index contributed by atoms with van der Waals surface area (Å²) in [6, 6.07) is 7.86. The van der Waals surface area contributed by atoms with Crippen molar-refractivity contribution in [3.63, 3.8) is 0 Å². The Hall–Kier alpha value is -1.31. The first-order chi connectivity index (χ1) is 8.08. The molecule has 1 aromatic rings. The van der Waals surface area contributed by atoms with Crippen molar-refractivity contribution in [3.8, 4) is 0 Å². The molecule has 2 heteroatoms. The van der Waals surface area contributed by atoms with Gasteiger partial charge in [-0.25, -0.2) is 0 Å². The minimum Gasteiger partial charge on any atom is -0.378 e. The molecule has 0 aliphatic carbocycles. The molecule has 0 aliphatic rings. The van der Waals surface area contributed by atoms with Crippen LogP contribution in [0.3, 0.4) is 0 Å². The summed E-state index contributed by atoms with van der Waals surface area (Å²) in [5, 5.41) is 0. The van der Waals surface area contributed by atoms with Crippen molar-refractivity contribution in [2.45, 2.75) is 33.1 Å². The Morgan fingerprint density at radius 1 is 1.12 bits per heavy atom. The lowest BCUT2D eigenvalue weighted by molar-refractivity contribution is 0.0959. The van der Waals surface area contributed by atoms with Crippen molar-refractivity contribution in [2.75, 3.05) is 19.0 Å². The van der Waals surface area contributed by atoms with Gasteiger partial charge in [0.25, 0.3) is 0 Å². The van der Waals surface area contributed by atoms with Crippen LogP contribution in [0.15, 0.2) is 24.3 Å². The van der Waals surface area contributed by atoms with Gasteiger partial charge < -0.3 is 4.90 Å². The van der Waals surface area contributed by atoms with Crippen molar-refractivity contribution in [1.82, 2.24) is 0 Å². The Kier molecular flexibility index (Phi) is 5.20. The van der Waals surface area contributed by atoms with Gasteiger partial charge in [0.2, 0.25) is 0 Å². The summed E-state index contributed by atoms with van der Waals surface area (Å²) in [7, 11) is 4.00. The van der Waals surface area contributed by atoms with Crippen molar-refractivity contribution in [1.29, 1.82) is 0 Å². The van der Waals surface area contributed by atoms with E-state index in [0.717, 1.165) is 24.1 Å². The van der Waals surface area contributed by atoms with Gasteiger partial charge in [-0.3, -0.25) is 4.79 Å². The molecule has 0 fully saturated rings. The molecule has 0 heterocycles. The SMILES string of the molecule is CCC(CC)CC(=O)c1ccc(N(C)C)cc1. The van der Waals surface area contributed by atoms with E-state index in [1.54, 1.807) is 0 Å². The van der Waals surface area contributed by atoms with Gasteiger partial charge in [0.1, 0.15) is 0 Å². The Labute approximate surface area is 105 Å². The minimum atomic E-state index is 0.268. The molecule has 1 aromatic carbocycles. The summed E-state index contributed by atoms with van der Waals surface area (Å²) in [6.45, 7) is 4.30. The van der Waals surface area contributed by atoms with Crippen molar-refractivity contribution < 1.29 is 4.79 Å². The predicted molar refractivity (Wildman–Crippen MR) is 73.8 cm³/mol. The van der Waals surface area contributed by atoms with Gasteiger partial charge in [-0.15, -0.1) is 0 Å². The van der Waals surface area contributed by atoms with Crippen LogP contribution in [0.4, 0.5) is 5.69 Å². The van der Waals surface area contributed by atoms with E-state index in [1.165, 1.54) is 0 Å². The van der Waals surface area contributed by atoms with Gasteiger partial charge in [-0.1, -0.05) is 26.7 Å². The van der Waals surface area contributed by atoms with Gasteiger partial charge in [-0.2, -0.15) is 0 Å². The third-order valence-electron chi connectivity index (χ3n) is 3.33. The number of ketones is 1. The first-order valence-corrected chi connectivity index (χ1v) is 6.39. The molecule has 94 valence electrons. The maximum Gasteiger partial charge on any atom is 0.163 e. The number of nitrogens with zero attached hydrogens (tertiary/aromatic N) is 1. The molecule has 0 N–H and O–H groups in total. The number of carbonyl (C=O) groups is 1. The van der Waals surface area contributed by atoms with Crippen LogP contribution in [0.25, 0.3) is 0 Å². The highest BCUT2D eigenvalue weighted by Gasteiger charge is 2.12. The number of Topliss-reactive ketones (excluding diaryl/α,β-unsaturated/α-hetero) is 1. The minimum absolute atomic E-state index is 0.268. The molecule has 0 unspecified atom stereocenters. The van der Waals surface area contributed by atoms with Crippen LogP contribution in [-0.2, 0) is 0 Å². The van der Waals surface area contributed by atoms with E-state index >= 15 is 0 Å². The lowest BCUT2D eigenvalue weighted by Gasteiger charge is -2.14. The smallest absolute Gasteiger partial charge is 0.163 e. The molecule has 0 spiro atoms. The lowest BCUT2D eigenvalue weighted by Crippen LogP contribution is -2.10. The van der Waals surface area contributed by atoms with Gasteiger partial charge in [0.05, 0.1) is 0 Å². The summed E-state index contributed by atoms with van der Waals surface area (Å²) in [6.07, 6.45) is 2.84. The molecule has 0 saturated carbocycles. The number of carbonyl (C=O) groups excluding carboxylic acids is 1. The van der Waals surface area contributed by atoms with Crippen LogP contribution >= 0.6 is 0 Å². The van der Waals surface area contributed by atoms with Crippen LogP contribution < -0.4 is 4.90 Å². The zero-order chi connectivity index (χ0) is 12.8. The van der Waals surface area contributed by atoms with Crippen LogP contribution in [0.2, 0.25) is 0 Å². The third-order valence-corrected chi connectivity index (χ3v) is 3.33. The molecule has 0 aromatic heterocycles. The Morgan fingerprint density at radius 2 is 1.65 bits per heavy atom. The molecule has 1 rings (SSSR count). The van der Waals surface area contributed by atoms with E-state index in [-0.39, 0.29) is 5.78 Å². The van der Waals surface area contributed by atoms with E-state index in [1.807, 2.05) is 43.3 Å². The molecule has 0 radical (unpaired) electrons. The number of hydrogen-bond donors (Lipinski definition) is 0. The zero-order valence-electron chi connectivity index (χ0n) is 11.4. The average Bonchev–Trinajstić information content (AvgIpc) is 2.35. The summed E-state index contributed by atoms with van der Waals surface area (Å²) in [4.78, 5) is 14.1. The van der Waals surface area contributed by atoms with Crippen molar-refractivity contribution in [3.05, 3.63) is 29.8 Å². The topological polar surface area (TPSA) is 20.3 Å². The van der Waals surface area contributed by atoms with Crippen molar-refractivity contribution >= 4 is 11.5 Å². The highest BCUT2D eigenvalue weighted by molar-refractivity contribution is 5.96. The Balaban J connectivity index is 2.69. The number of benzene rings is 1. The first kappa shape index (κ1) is 13.8. The maximum absolute atomic E-state index is 12.0. The predicted octanol–water partition coefficient (Wildman–Crippen LogP) is 3.76. The van der Waals surface area contributed by atoms with Crippen LogP contribution in [0.5, 0.6) is 0 Å². The summed E-state index contributed by atoms with van der Waals surface area (Å²) < 4.78 is 0. The second-order valence-corrected chi connectivity index (χ2v) is 4.75. The quantitative estimate of drug-likeness (QED) is 0.697. The standard InChI is InChI=1S/C15H23NO/c1-5-12(6-2)11-15(17)13-7-9-14(10-8-13)16(3)4/h7-10,12H,5-6,11H2,1-4H3. The monoisotopic (exact) mass is 233 g/mol. The Morgan fingerprint density at radius 3 is 2.06 bits per heavy atom. The van der Waals surface area contributed by atoms with Crippen LogP contribution in [0.1, 0.15) is 43.5 Å². The van der Waals surface area contributed by atoms with Gasteiger partial charge in [0, 0.05) is 31.8 Å². The summed E-state index contributed by atoms with van der Waals surface area (Å²) >= 11 is 0. The zero-order valence-corrected chi connectivity index (χ0v) is 11.4. The van der Waals surface area contributed by atoms with Crippen LogP contribution in [-0.4, -0.2) is 19.9 Å². The van der Waals surface area contributed by atoms with E-state index in [9.17, 15) is 4.79 Å². The number of rotatable bonds is 6. The highest BCUT2D eigenvalue weighted by atomic mass is 16.1. The summed E-state index contributed by atoms with van der Waals surface area (Å²) in [5.74, 6) is 0.792. The Bertz CT molecular complexity index is 350. The third kappa shape index (κ3) is 3.88. The second-order valence-electron chi connectivity index (χ2n) is 4.75. The maximum atomic E-state index is 12.0. The molecule has 0 saturated heterocycles. The molecule has 0 bridgehead atoms. The largest absolute Gasteiger partial charge is 0.378 e. The average molecular weight is 233 g/mol. The van der Waals surface area contributed by atoms with E-state index in [2.05, 4.69) is 13.8 Å². The van der Waals surface area contributed by atoms with Gasteiger partial charge in [-0.05, 0) is 30.2 Å². The molecule has 0 aliphatic heterocycles. The normalized spacial score (nSPS) is 10.6.